The minimum Gasteiger partial charge on any atom is -0.451 e. The van der Waals surface area contributed by atoms with E-state index in [-0.39, 0.29) is 29.2 Å². The van der Waals surface area contributed by atoms with Gasteiger partial charge in [0.1, 0.15) is 5.58 Å². The van der Waals surface area contributed by atoms with Crippen LogP contribution in [0.2, 0.25) is 0 Å². The summed E-state index contributed by atoms with van der Waals surface area (Å²) in [6.07, 6.45) is 0.372. The number of hydrogen-bond donors (Lipinski definition) is 0. The lowest BCUT2D eigenvalue weighted by Crippen LogP contribution is -2.40. The molecule has 0 N–H and O–H groups in total. The van der Waals surface area contributed by atoms with Crippen LogP contribution in [0.3, 0.4) is 0 Å². The highest BCUT2D eigenvalue weighted by Crippen LogP contribution is 2.24. The summed E-state index contributed by atoms with van der Waals surface area (Å²) in [5.74, 6) is -0.577. The highest BCUT2D eigenvalue weighted by atomic mass is 32.2. The van der Waals surface area contributed by atoms with Crippen molar-refractivity contribution in [3.63, 3.8) is 0 Å². The second kappa shape index (κ2) is 7.72. The molecule has 1 atom stereocenters. The molecule has 2 aromatic carbocycles. The zero-order valence-corrected chi connectivity index (χ0v) is 17.7. The zero-order valence-electron chi connectivity index (χ0n) is 16.9. The predicted molar refractivity (Wildman–Crippen MR) is 115 cm³/mol. The van der Waals surface area contributed by atoms with Crippen molar-refractivity contribution in [3.8, 4) is 0 Å². The summed E-state index contributed by atoms with van der Waals surface area (Å²) in [6, 6.07) is 13.6. The zero-order chi connectivity index (χ0) is 21.5. The maximum Gasteiger partial charge on any atom is 0.290 e. The normalized spacial score (nSPS) is 17.9. The Morgan fingerprint density at radius 1 is 1.10 bits per heavy atom. The number of nitrogens with zero attached hydrogens (tertiary/aromatic N) is 1. The molecule has 156 valence electrons. The van der Waals surface area contributed by atoms with E-state index in [0.717, 1.165) is 16.7 Å². The number of rotatable bonds is 4. The molecule has 7 heteroatoms. The molecule has 0 bridgehead atoms. The topological polar surface area (TPSA) is 84.7 Å². The monoisotopic (exact) mass is 425 g/mol. The van der Waals surface area contributed by atoms with Crippen molar-refractivity contribution >= 4 is 26.7 Å². The summed E-state index contributed by atoms with van der Waals surface area (Å²) in [5, 5.41) is 0.424. The Balaban J connectivity index is 1.76. The van der Waals surface area contributed by atoms with Gasteiger partial charge in [-0.15, -0.1) is 0 Å². The van der Waals surface area contributed by atoms with Crippen molar-refractivity contribution in [2.75, 3.05) is 11.5 Å². The van der Waals surface area contributed by atoms with E-state index in [4.69, 9.17) is 4.42 Å². The van der Waals surface area contributed by atoms with E-state index in [9.17, 15) is 18.0 Å². The third-order valence-electron chi connectivity index (χ3n) is 5.66. The second-order valence-electron chi connectivity index (χ2n) is 7.88. The van der Waals surface area contributed by atoms with Crippen LogP contribution in [0.1, 0.15) is 33.7 Å². The van der Waals surface area contributed by atoms with Crippen molar-refractivity contribution in [2.24, 2.45) is 0 Å². The molecule has 3 aromatic rings. The first-order valence-electron chi connectivity index (χ1n) is 9.84. The van der Waals surface area contributed by atoms with E-state index >= 15 is 0 Å². The van der Waals surface area contributed by atoms with Gasteiger partial charge in [0.05, 0.1) is 16.9 Å². The first-order chi connectivity index (χ1) is 14.2. The molecule has 0 unspecified atom stereocenters. The number of aryl methyl sites for hydroxylation is 2. The van der Waals surface area contributed by atoms with Crippen LogP contribution in [-0.2, 0) is 16.4 Å². The molecule has 0 radical (unpaired) electrons. The molecule has 1 saturated heterocycles. The Morgan fingerprint density at radius 2 is 1.80 bits per heavy atom. The van der Waals surface area contributed by atoms with Crippen LogP contribution in [0, 0.1) is 13.8 Å². The number of sulfone groups is 1. The lowest BCUT2D eigenvalue weighted by Gasteiger charge is -2.28. The van der Waals surface area contributed by atoms with Gasteiger partial charge in [-0.25, -0.2) is 8.42 Å². The number of benzene rings is 2. The molecule has 30 heavy (non-hydrogen) atoms. The molecule has 0 spiro atoms. The summed E-state index contributed by atoms with van der Waals surface area (Å²) in [4.78, 5) is 27.6. The molecule has 1 fully saturated rings. The molecular formula is C23H23NO5S. The van der Waals surface area contributed by atoms with Gasteiger partial charge in [0.25, 0.3) is 5.91 Å². The standard InChI is InChI=1S/C23H23NO5S/c1-15-10-19-20(25)12-22(29-21(19)11-16(15)2)23(26)24(13-17-6-4-3-5-7-17)18-8-9-30(27,28)14-18/h3-7,10-12,18H,8-9,13-14H2,1-2H3/t18-/m1/s1. The average molecular weight is 426 g/mol. The third-order valence-corrected chi connectivity index (χ3v) is 7.41. The third kappa shape index (κ3) is 4.03. The van der Waals surface area contributed by atoms with E-state index in [0.29, 0.717) is 17.4 Å². The number of amides is 1. The number of carbonyl (C=O) groups excluding carboxylic acids is 1. The predicted octanol–water partition coefficient (Wildman–Crippen LogP) is 3.24. The molecule has 4 rings (SSSR count). The van der Waals surface area contributed by atoms with Crippen LogP contribution in [0.15, 0.2) is 57.7 Å². The maximum atomic E-state index is 13.4. The van der Waals surface area contributed by atoms with E-state index in [1.807, 2.05) is 44.2 Å². The Hall–Kier alpha value is -2.93. The SMILES string of the molecule is Cc1cc2oc(C(=O)N(Cc3ccccc3)[C@@H]3CCS(=O)(=O)C3)cc(=O)c2cc1C. The minimum absolute atomic E-state index is 0.0520. The fourth-order valence-electron chi connectivity index (χ4n) is 3.83. The van der Waals surface area contributed by atoms with Crippen molar-refractivity contribution in [1.82, 2.24) is 4.90 Å². The van der Waals surface area contributed by atoms with Crippen LogP contribution in [-0.4, -0.2) is 36.8 Å². The van der Waals surface area contributed by atoms with Gasteiger partial charge in [-0.2, -0.15) is 0 Å². The largest absolute Gasteiger partial charge is 0.451 e. The lowest BCUT2D eigenvalue weighted by atomic mass is 10.1. The quantitative estimate of drug-likeness (QED) is 0.641. The first-order valence-corrected chi connectivity index (χ1v) is 11.7. The van der Waals surface area contributed by atoms with Crippen molar-refractivity contribution < 1.29 is 17.6 Å². The molecule has 1 aliphatic heterocycles. The summed E-state index contributed by atoms with van der Waals surface area (Å²) < 4.78 is 29.9. The van der Waals surface area contributed by atoms with Gasteiger partial charge in [-0.1, -0.05) is 30.3 Å². The number of hydrogen-bond acceptors (Lipinski definition) is 5. The van der Waals surface area contributed by atoms with Crippen molar-refractivity contribution in [1.29, 1.82) is 0 Å². The fourth-order valence-corrected chi connectivity index (χ4v) is 5.56. The summed E-state index contributed by atoms with van der Waals surface area (Å²) in [6.45, 7) is 4.07. The molecule has 6 nitrogen and oxygen atoms in total. The van der Waals surface area contributed by atoms with Gasteiger partial charge in [0, 0.05) is 18.7 Å². The minimum atomic E-state index is -3.19. The second-order valence-corrected chi connectivity index (χ2v) is 10.1. The summed E-state index contributed by atoms with van der Waals surface area (Å²) in [5.41, 5.74) is 2.87. The van der Waals surface area contributed by atoms with Crippen molar-refractivity contribution in [2.45, 2.75) is 32.9 Å². The lowest BCUT2D eigenvalue weighted by molar-refractivity contribution is 0.0648. The van der Waals surface area contributed by atoms with Crippen LogP contribution < -0.4 is 5.43 Å². The Morgan fingerprint density at radius 3 is 2.47 bits per heavy atom. The van der Waals surface area contributed by atoms with Crippen LogP contribution in [0.25, 0.3) is 11.0 Å². The Labute approximate surface area is 175 Å². The van der Waals surface area contributed by atoms with Crippen LogP contribution in [0.5, 0.6) is 0 Å². The molecule has 0 saturated carbocycles. The first kappa shape index (κ1) is 20.3. The average Bonchev–Trinajstić information content (AvgIpc) is 3.07. The molecule has 1 aromatic heterocycles. The Bertz CT molecular complexity index is 1280. The molecule has 2 heterocycles. The van der Waals surface area contributed by atoms with Gasteiger partial charge in [0.15, 0.2) is 21.0 Å². The highest BCUT2D eigenvalue weighted by molar-refractivity contribution is 7.91. The maximum absolute atomic E-state index is 13.4. The number of carbonyl (C=O) groups is 1. The summed E-state index contributed by atoms with van der Waals surface area (Å²) in [7, 11) is -3.19. The molecular weight excluding hydrogens is 402 g/mol. The van der Waals surface area contributed by atoms with E-state index in [2.05, 4.69) is 0 Å². The smallest absolute Gasteiger partial charge is 0.290 e. The van der Waals surface area contributed by atoms with Gasteiger partial charge in [-0.05, 0) is 49.1 Å². The molecule has 1 aliphatic rings. The van der Waals surface area contributed by atoms with Gasteiger partial charge in [0.2, 0.25) is 0 Å². The van der Waals surface area contributed by atoms with Gasteiger partial charge in [-0.3, -0.25) is 9.59 Å². The van der Waals surface area contributed by atoms with Crippen molar-refractivity contribution in [3.05, 3.63) is 81.2 Å². The van der Waals surface area contributed by atoms with E-state index < -0.39 is 21.8 Å². The molecule has 1 amide bonds. The van der Waals surface area contributed by atoms with Gasteiger partial charge >= 0.3 is 0 Å². The van der Waals surface area contributed by atoms with E-state index in [1.165, 1.54) is 11.0 Å². The summed E-state index contributed by atoms with van der Waals surface area (Å²) >= 11 is 0. The van der Waals surface area contributed by atoms with E-state index in [1.54, 1.807) is 12.1 Å². The molecule has 0 aliphatic carbocycles. The Kier molecular flexibility index (Phi) is 5.24. The van der Waals surface area contributed by atoms with Gasteiger partial charge < -0.3 is 9.32 Å². The number of fused-ring (bicyclic) bond motifs is 1. The highest BCUT2D eigenvalue weighted by Gasteiger charge is 2.36. The van der Waals surface area contributed by atoms with Crippen LogP contribution >= 0.6 is 0 Å². The van der Waals surface area contributed by atoms with Crippen LogP contribution in [0.4, 0.5) is 0 Å². The fraction of sp³-hybridized carbons (Fsp3) is 0.304.